The standard InChI is InChI=1S/C11H11N3O/c1-2-14-10(5-8-13-14)11(15)9-3-6-12-7-4-9/h3-8H,2H2,1H3. The molecule has 0 aliphatic heterocycles. The minimum atomic E-state index is -0.0169. The van der Waals surface area contributed by atoms with Gasteiger partial charge in [-0.05, 0) is 25.1 Å². The zero-order valence-electron chi connectivity index (χ0n) is 8.42. The lowest BCUT2D eigenvalue weighted by molar-refractivity contribution is 0.102. The van der Waals surface area contributed by atoms with Gasteiger partial charge in [0.05, 0.1) is 0 Å². The number of ketones is 1. The van der Waals surface area contributed by atoms with Gasteiger partial charge < -0.3 is 0 Å². The molecule has 0 bridgehead atoms. The molecule has 2 aromatic rings. The molecule has 76 valence electrons. The zero-order chi connectivity index (χ0) is 10.7. The van der Waals surface area contributed by atoms with E-state index in [9.17, 15) is 4.79 Å². The van der Waals surface area contributed by atoms with E-state index in [0.29, 0.717) is 17.8 Å². The molecule has 0 aliphatic carbocycles. The molecule has 0 aliphatic rings. The van der Waals surface area contributed by atoms with Gasteiger partial charge in [-0.25, -0.2) is 0 Å². The van der Waals surface area contributed by atoms with E-state index in [4.69, 9.17) is 0 Å². The maximum atomic E-state index is 12.0. The Bertz CT molecular complexity index is 462. The molecule has 2 aromatic heterocycles. The zero-order valence-corrected chi connectivity index (χ0v) is 8.42. The van der Waals surface area contributed by atoms with Crippen molar-refractivity contribution >= 4 is 5.78 Å². The Kier molecular flexibility index (Phi) is 2.58. The van der Waals surface area contributed by atoms with Crippen LogP contribution in [0, 0.1) is 0 Å². The van der Waals surface area contributed by atoms with Gasteiger partial charge in [0, 0.05) is 30.7 Å². The van der Waals surface area contributed by atoms with Crippen molar-refractivity contribution in [1.82, 2.24) is 14.8 Å². The predicted octanol–water partition coefficient (Wildman–Crippen LogP) is 1.53. The number of carbonyl (C=O) groups is 1. The van der Waals surface area contributed by atoms with Crippen molar-refractivity contribution in [3.8, 4) is 0 Å². The monoisotopic (exact) mass is 201 g/mol. The lowest BCUT2D eigenvalue weighted by Crippen LogP contribution is -2.10. The Balaban J connectivity index is 2.37. The summed E-state index contributed by atoms with van der Waals surface area (Å²) in [4.78, 5) is 15.9. The summed E-state index contributed by atoms with van der Waals surface area (Å²) >= 11 is 0. The summed E-state index contributed by atoms with van der Waals surface area (Å²) in [5, 5.41) is 4.06. The third kappa shape index (κ3) is 1.79. The van der Waals surface area contributed by atoms with Crippen LogP contribution in [0.15, 0.2) is 36.8 Å². The smallest absolute Gasteiger partial charge is 0.211 e. The van der Waals surface area contributed by atoms with Crippen LogP contribution >= 0.6 is 0 Å². The van der Waals surface area contributed by atoms with Crippen LogP contribution in [0.4, 0.5) is 0 Å². The second kappa shape index (κ2) is 4.04. The van der Waals surface area contributed by atoms with Crippen molar-refractivity contribution in [3.63, 3.8) is 0 Å². The maximum Gasteiger partial charge on any atom is 0.211 e. The number of pyridine rings is 1. The quantitative estimate of drug-likeness (QED) is 0.707. The van der Waals surface area contributed by atoms with Crippen molar-refractivity contribution < 1.29 is 4.79 Å². The number of carbonyl (C=O) groups excluding carboxylic acids is 1. The summed E-state index contributed by atoms with van der Waals surface area (Å²) in [5.41, 5.74) is 1.25. The lowest BCUT2D eigenvalue weighted by atomic mass is 10.1. The van der Waals surface area contributed by atoms with Crippen molar-refractivity contribution in [2.24, 2.45) is 0 Å². The molecule has 0 amide bonds. The summed E-state index contributed by atoms with van der Waals surface area (Å²) in [6.45, 7) is 2.65. The minimum Gasteiger partial charge on any atom is -0.287 e. The van der Waals surface area contributed by atoms with E-state index in [0.717, 1.165) is 0 Å². The lowest BCUT2D eigenvalue weighted by Gasteiger charge is -2.02. The molecule has 0 N–H and O–H groups in total. The Hall–Kier alpha value is -1.97. The highest BCUT2D eigenvalue weighted by Crippen LogP contribution is 2.08. The largest absolute Gasteiger partial charge is 0.287 e. The summed E-state index contributed by atoms with van der Waals surface area (Å²) < 4.78 is 1.68. The van der Waals surface area contributed by atoms with Crippen molar-refractivity contribution in [3.05, 3.63) is 48.0 Å². The first-order valence-electron chi connectivity index (χ1n) is 4.79. The number of hydrogen-bond donors (Lipinski definition) is 0. The van der Waals surface area contributed by atoms with Gasteiger partial charge in [0.1, 0.15) is 5.69 Å². The van der Waals surface area contributed by atoms with Gasteiger partial charge in [0.15, 0.2) is 0 Å². The maximum absolute atomic E-state index is 12.0. The molecule has 0 fully saturated rings. The van der Waals surface area contributed by atoms with Gasteiger partial charge in [0.2, 0.25) is 5.78 Å². The van der Waals surface area contributed by atoms with Gasteiger partial charge in [-0.1, -0.05) is 0 Å². The van der Waals surface area contributed by atoms with Crippen LogP contribution < -0.4 is 0 Å². The first-order valence-corrected chi connectivity index (χ1v) is 4.79. The van der Waals surface area contributed by atoms with E-state index >= 15 is 0 Å². The molecule has 4 heteroatoms. The average Bonchev–Trinajstić information content (AvgIpc) is 2.77. The molecule has 0 radical (unpaired) electrons. The second-order valence-corrected chi connectivity index (χ2v) is 3.10. The van der Waals surface area contributed by atoms with Crippen molar-refractivity contribution in [2.75, 3.05) is 0 Å². The third-order valence-corrected chi connectivity index (χ3v) is 2.19. The summed E-state index contributed by atoms with van der Waals surface area (Å²) in [5.74, 6) is -0.0169. The number of nitrogens with zero attached hydrogens (tertiary/aromatic N) is 3. The van der Waals surface area contributed by atoms with Crippen LogP contribution in [0.3, 0.4) is 0 Å². The Morgan fingerprint density at radius 3 is 2.67 bits per heavy atom. The summed E-state index contributed by atoms with van der Waals surface area (Å²) in [6.07, 6.45) is 4.86. The van der Waals surface area contributed by atoms with E-state index in [1.807, 2.05) is 6.92 Å². The summed E-state index contributed by atoms with van der Waals surface area (Å²) in [6, 6.07) is 5.14. The van der Waals surface area contributed by atoms with Crippen LogP contribution in [0.5, 0.6) is 0 Å². The Morgan fingerprint density at radius 1 is 1.27 bits per heavy atom. The topological polar surface area (TPSA) is 47.8 Å². The highest BCUT2D eigenvalue weighted by Gasteiger charge is 2.12. The molecular formula is C11H11N3O. The van der Waals surface area contributed by atoms with Gasteiger partial charge in [0.25, 0.3) is 0 Å². The molecule has 4 nitrogen and oxygen atoms in total. The molecular weight excluding hydrogens is 190 g/mol. The van der Waals surface area contributed by atoms with Gasteiger partial charge in [-0.15, -0.1) is 0 Å². The first-order chi connectivity index (χ1) is 7.33. The molecule has 0 unspecified atom stereocenters. The normalized spacial score (nSPS) is 10.2. The molecule has 2 heterocycles. The van der Waals surface area contributed by atoms with Gasteiger partial charge >= 0.3 is 0 Å². The van der Waals surface area contributed by atoms with Crippen LogP contribution in [0.1, 0.15) is 23.0 Å². The summed E-state index contributed by atoms with van der Waals surface area (Å²) in [7, 11) is 0. The van der Waals surface area contributed by atoms with Crippen LogP contribution in [0.2, 0.25) is 0 Å². The number of rotatable bonds is 3. The van der Waals surface area contributed by atoms with Crippen LogP contribution in [0.25, 0.3) is 0 Å². The number of aryl methyl sites for hydroxylation is 1. The Labute approximate surface area is 87.6 Å². The first kappa shape index (κ1) is 9.58. The molecule has 2 rings (SSSR count). The van der Waals surface area contributed by atoms with E-state index in [1.54, 1.807) is 41.5 Å². The Morgan fingerprint density at radius 2 is 2.00 bits per heavy atom. The van der Waals surface area contributed by atoms with E-state index in [1.165, 1.54) is 0 Å². The molecule has 15 heavy (non-hydrogen) atoms. The average molecular weight is 201 g/mol. The third-order valence-electron chi connectivity index (χ3n) is 2.19. The van der Waals surface area contributed by atoms with E-state index in [2.05, 4.69) is 10.1 Å². The highest BCUT2D eigenvalue weighted by atomic mass is 16.1. The van der Waals surface area contributed by atoms with Gasteiger partial charge in [-0.3, -0.25) is 14.5 Å². The minimum absolute atomic E-state index is 0.0169. The fourth-order valence-electron chi connectivity index (χ4n) is 1.43. The van der Waals surface area contributed by atoms with Crippen LogP contribution in [-0.4, -0.2) is 20.5 Å². The molecule has 0 spiro atoms. The number of hydrogen-bond acceptors (Lipinski definition) is 3. The molecule has 0 saturated carbocycles. The highest BCUT2D eigenvalue weighted by molar-refractivity contribution is 6.07. The fourth-order valence-corrected chi connectivity index (χ4v) is 1.43. The number of aromatic nitrogens is 3. The SMILES string of the molecule is CCn1nccc1C(=O)c1ccncc1. The second-order valence-electron chi connectivity index (χ2n) is 3.10. The predicted molar refractivity (Wildman–Crippen MR) is 55.6 cm³/mol. The van der Waals surface area contributed by atoms with Crippen LogP contribution in [-0.2, 0) is 6.54 Å². The fraction of sp³-hybridized carbons (Fsp3) is 0.182. The molecule has 0 aromatic carbocycles. The van der Waals surface area contributed by atoms with Gasteiger partial charge in [-0.2, -0.15) is 5.10 Å². The molecule has 0 saturated heterocycles. The van der Waals surface area contributed by atoms with E-state index in [-0.39, 0.29) is 5.78 Å². The molecule has 0 atom stereocenters. The van der Waals surface area contributed by atoms with Crippen molar-refractivity contribution in [1.29, 1.82) is 0 Å². The van der Waals surface area contributed by atoms with E-state index < -0.39 is 0 Å². The van der Waals surface area contributed by atoms with Crippen molar-refractivity contribution in [2.45, 2.75) is 13.5 Å².